The molecule has 0 unspecified atom stereocenters. The van der Waals surface area contributed by atoms with Gasteiger partial charge in [0.15, 0.2) is 0 Å². The second-order valence-corrected chi connectivity index (χ2v) is 6.30. The average molecular weight is 265 g/mol. The molecule has 0 heterocycles. The third-order valence-electron chi connectivity index (χ3n) is 4.10. The highest BCUT2D eigenvalue weighted by molar-refractivity contribution is 5.24. The van der Waals surface area contributed by atoms with E-state index in [1.807, 2.05) is 6.07 Å². The number of hydrogen-bond acceptors (Lipinski definition) is 2. The molecule has 0 saturated heterocycles. The van der Waals surface area contributed by atoms with E-state index in [1.165, 1.54) is 18.9 Å². The van der Waals surface area contributed by atoms with E-state index >= 15 is 0 Å². The molecule has 1 aromatic carbocycles. The van der Waals surface area contributed by atoms with Gasteiger partial charge in [0, 0.05) is 12.1 Å². The first-order valence-electron chi connectivity index (χ1n) is 7.09. The highest BCUT2D eigenvalue weighted by Crippen LogP contribution is 2.36. The van der Waals surface area contributed by atoms with Crippen molar-refractivity contribution in [3.05, 3.63) is 35.1 Å². The molecule has 1 aliphatic rings. The first-order valence-corrected chi connectivity index (χ1v) is 7.09. The fourth-order valence-electron chi connectivity index (χ4n) is 2.63. The molecule has 3 heteroatoms. The van der Waals surface area contributed by atoms with Crippen LogP contribution in [0.15, 0.2) is 18.2 Å². The van der Waals surface area contributed by atoms with Gasteiger partial charge in [0.05, 0.1) is 12.7 Å². The number of rotatable bonds is 4. The minimum Gasteiger partial charge on any atom is -0.374 e. The molecule has 1 saturated carbocycles. The van der Waals surface area contributed by atoms with Gasteiger partial charge >= 0.3 is 0 Å². The summed E-state index contributed by atoms with van der Waals surface area (Å²) in [4.78, 5) is 0. The summed E-state index contributed by atoms with van der Waals surface area (Å²) in [7, 11) is 0. The van der Waals surface area contributed by atoms with Crippen LogP contribution in [0.25, 0.3) is 0 Å². The van der Waals surface area contributed by atoms with Gasteiger partial charge in [-0.1, -0.05) is 19.9 Å². The van der Waals surface area contributed by atoms with Crippen LogP contribution in [0.2, 0.25) is 0 Å². The third kappa shape index (κ3) is 4.02. The molecule has 1 aliphatic carbocycles. The van der Waals surface area contributed by atoms with Crippen molar-refractivity contribution < 1.29 is 9.13 Å². The summed E-state index contributed by atoms with van der Waals surface area (Å²) in [5.74, 6) is -0.231. The lowest BCUT2D eigenvalue weighted by Gasteiger charge is -2.34. The van der Waals surface area contributed by atoms with Crippen LogP contribution in [0.5, 0.6) is 0 Å². The summed E-state index contributed by atoms with van der Waals surface area (Å²) in [6, 6.07) is 5.06. The molecule has 1 aromatic rings. The summed E-state index contributed by atoms with van der Waals surface area (Å²) < 4.78 is 19.3. The molecule has 0 atom stereocenters. The highest BCUT2D eigenvalue weighted by Gasteiger charge is 2.27. The smallest absolute Gasteiger partial charge is 0.127 e. The Bertz CT molecular complexity index is 421. The van der Waals surface area contributed by atoms with E-state index in [0.29, 0.717) is 23.7 Å². The summed E-state index contributed by atoms with van der Waals surface area (Å²) in [6.07, 6.45) is 5.03. The Labute approximate surface area is 115 Å². The molecular weight excluding hydrogens is 241 g/mol. The molecule has 2 N–H and O–H groups in total. The predicted molar refractivity (Wildman–Crippen MR) is 75.1 cm³/mol. The molecule has 0 aromatic heterocycles. The molecule has 0 bridgehead atoms. The largest absolute Gasteiger partial charge is 0.374 e. The molecule has 19 heavy (non-hydrogen) atoms. The Kier molecular flexibility index (Phi) is 4.58. The quantitative estimate of drug-likeness (QED) is 0.899. The Morgan fingerprint density at radius 3 is 2.63 bits per heavy atom. The molecule has 1 fully saturated rings. The molecule has 0 amide bonds. The first-order chi connectivity index (χ1) is 9.00. The monoisotopic (exact) mass is 265 g/mol. The summed E-state index contributed by atoms with van der Waals surface area (Å²) in [5, 5.41) is 0. The van der Waals surface area contributed by atoms with Gasteiger partial charge in [0.25, 0.3) is 0 Å². The Balaban J connectivity index is 1.86. The maximum Gasteiger partial charge on any atom is 0.127 e. The van der Waals surface area contributed by atoms with Crippen LogP contribution in [0.3, 0.4) is 0 Å². The standard InChI is InChI=1S/C16H24FNO/c1-16(2)7-5-14(6-8-16)19-11-12-3-4-15(17)13(9-12)10-18/h3-4,9,14H,5-8,10-11,18H2,1-2H3. The summed E-state index contributed by atoms with van der Waals surface area (Å²) in [5.41, 5.74) is 7.54. The zero-order valence-electron chi connectivity index (χ0n) is 11.9. The minimum absolute atomic E-state index is 0.231. The molecule has 106 valence electrons. The minimum atomic E-state index is -0.231. The maximum absolute atomic E-state index is 13.3. The normalized spacial score (nSPS) is 19.6. The van der Waals surface area contributed by atoms with Crippen molar-refractivity contribution in [3.63, 3.8) is 0 Å². The maximum atomic E-state index is 13.3. The van der Waals surface area contributed by atoms with Gasteiger partial charge in [-0.05, 0) is 48.8 Å². The Hall–Kier alpha value is -0.930. The van der Waals surface area contributed by atoms with E-state index in [-0.39, 0.29) is 12.4 Å². The van der Waals surface area contributed by atoms with E-state index in [2.05, 4.69) is 13.8 Å². The zero-order valence-corrected chi connectivity index (χ0v) is 11.9. The number of halogens is 1. The number of benzene rings is 1. The van der Waals surface area contributed by atoms with Crippen LogP contribution < -0.4 is 5.73 Å². The zero-order chi connectivity index (χ0) is 13.9. The van der Waals surface area contributed by atoms with Crippen LogP contribution in [0.1, 0.15) is 50.7 Å². The molecular formula is C16H24FNO. The lowest BCUT2D eigenvalue weighted by Crippen LogP contribution is -2.26. The first kappa shape index (κ1) is 14.5. The molecule has 0 aliphatic heterocycles. The second kappa shape index (κ2) is 6.02. The van der Waals surface area contributed by atoms with Gasteiger partial charge < -0.3 is 10.5 Å². The SMILES string of the molecule is CC1(C)CCC(OCc2ccc(F)c(CN)c2)CC1. The molecule has 2 rings (SSSR count). The molecule has 2 nitrogen and oxygen atoms in total. The predicted octanol–water partition coefficient (Wildman–Crippen LogP) is 3.77. The molecule has 0 radical (unpaired) electrons. The number of ether oxygens (including phenoxy) is 1. The number of hydrogen-bond donors (Lipinski definition) is 1. The van der Waals surface area contributed by atoms with Crippen molar-refractivity contribution in [2.45, 2.75) is 58.8 Å². The van der Waals surface area contributed by atoms with Gasteiger partial charge in [0.1, 0.15) is 5.82 Å². The van der Waals surface area contributed by atoms with E-state index in [1.54, 1.807) is 6.07 Å². The lowest BCUT2D eigenvalue weighted by atomic mass is 9.76. The van der Waals surface area contributed by atoms with Crippen molar-refractivity contribution >= 4 is 0 Å². The fourth-order valence-corrected chi connectivity index (χ4v) is 2.63. The van der Waals surface area contributed by atoms with Crippen molar-refractivity contribution in [1.82, 2.24) is 0 Å². The Morgan fingerprint density at radius 1 is 1.32 bits per heavy atom. The highest BCUT2D eigenvalue weighted by atomic mass is 19.1. The molecule has 0 spiro atoms. The Morgan fingerprint density at radius 2 is 2.00 bits per heavy atom. The average Bonchev–Trinajstić information content (AvgIpc) is 2.39. The van der Waals surface area contributed by atoms with Crippen LogP contribution in [-0.2, 0) is 17.9 Å². The van der Waals surface area contributed by atoms with Gasteiger partial charge in [-0.25, -0.2) is 4.39 Å². The van der Waals surface area contributed by atoms with E-state index < -0.39 is 0 Å². The van der Waals surface area contributed by atoms with Gasteiger partial charge in [0.2, 0.25) is 0 Å². The third-order valence-corrected chi connectivity index (χ3v) is 4.10. The number of nitrogens with two attached hydrogens (primary N) is 1. The van der Waals surface area contributed by atoms with Crippen LogP contribution in [-0.4, -0.2) is 6.10 Å². The summed E-state index contributed by atoms with van der Waals surface area (Å²) >= 11 is 0. The van der Waals surface area contributed by atoms with E-state index in [0.717, 1.165) is 18.4 Å². The van der Waals surface area contributed by atoms with Crippen LogP contribution in [0.4, 0.5) is 4.39 Å². The van der Waals surface area contributed by atoms with Gasteiger partial charge in [-0.15, -0.1) is 0 Å². The van der Waals surface area contributed by atoms with Crippen LogP contribution in [0, 0.1) is 11.2 Å². The fraction of sp³-hybridized carbons (Fsp3) is 0.625. The van der Waals surface area contributed by atoms with Crippen molar-refractivity contribution in [2.75, 3.05) is 0 Å². The van der Waals surface area contributed by atoms with Gasteiger partial charge in [-0.3, -0.25) is 0 Å². The van der Waals surface area contributed by atoms with Crippen molar-refractivity contribution in [3.8, 4) is 0 Å². The van der Waals surface area contributed by atoms with E-state index in [9.17, 15) is 4.39 Å². The van der Waals surface area contributed by atoms with Gasteiger partial charge in [-0.2, -0.15) is 0 Å². The second-order valence-electron chi connectivity index (χ2n) is 6.30. The van der Waals surface area contributed by atoms with Crippen molar-refractivity contribution in [1.29, 1.82) is 0 Å². The lowest BCUT2D eigenvalue weighted by molar-refractivity contribution is -0.00562. The topological polar surface area (TPSA) is 35.2 Å². The van der Waals surface area contributed by atoms with Crippen LogP contribution >= 0.6 is 0 Å². The van der Waals surface area contributed by atoms with Crippen molar-refractivity contribution in [2.24, 2.45) is 11.1 Å². The van der Waals surface area contributed by atoms with E-state index in [4.69, 9.17) is 10.5 Å². The summed E-state index contributed by atoms with van der Waals surface area (Å²) in [6.45, 7) is 5.42.